The van der Waals surface area contributed by atoms with E-state index < -0.39 is 53.7 Å². The number of hydrogen-bond acceptors (Lipinski definition) is 4. The van der Waals surface area contributed by atoms with Crippen LogP contribution < -0.4 is 15.0 Å². The fraction of sp³-hybridized carbons (Fsp3) is 0.280. The summed E-state index contributed by atoms with van der Waals surface area (Å²) >= 11 is 0. The molecule has 0 spiro atoms. The molecule has 3 aromatic carbocycles. The second kappa shape index (κ2) is 10.8. The van der Waals surface area contributed by atoms with Crippen molar-refractivity contribution in [1.29, 1.82) is 0 Å². The second-order valence-corrected chi connectivity index (χ2v) is 8.18. The fourth-order valence-electron chi connectivity index (χ4n) is 3.42. The van der Waals surface area contributed by atoms with Crippen molar-refractivity contribution in [2.45, 2.75) is 24.5 Å². The van der Waals surface area contributed by atoms with Crippen molar-refractivity contribution >= 4 is 5.69 Å². The highest BCUT2D eigenvalue weighted by molar-refractivity contribution is 5.51. The van der Waals surface area contributed by atoms with Crippen LogP contribution in [0.4, 0.5) is 36.4 Å². The Morgan fingerprint density at radius 3 is 2.17 bits per heavy atom. The van der Waals surface area contributed by atoms with Crippen LogP contribution >= 0.6 is 0 Å². The van der Waals surface area contributed by atoms with Gasteiger partial charge in [-0.25, -0.2) is 4.39 Å². The van der Waals surface area contributed by atoms with Crippen LogP contribution in [0, 0.1) is 5.82 Å². The van der Waals surface area contributed by atoms with Crippen molar-refractivity contribution in [2.24, 2.45) is 0 Å². The topological polar surface area (TPSA) is 44.7 Å². The van der Waals surface area contributed by atoms with E-state index in [-0.39, 0.29) is 11.3 Å². The molecule has 4 nitrogen and oxygen atoms in total. The summed E-state index contributed by atoms with van der Waals surface area (Å²) in [5.41, 5.74) is -1.02. The highest BCUT2D eigenvalue weighted by atomic mass is 19.4. The van der Waals surface area contributed by atoms with E-state index in [1.165, 1.54) is 36.4 Å². The van der Waals surface area contributed by atoms with E-state index in [0.717, 1.165) is 0 Å². The summed E-state index contributed by atoms with van der Waals surface area (Å²) in [6.07, 6.45) is -12.7. The number of nitrogens with zero attached hydrogens (tertiary/aromatic N) is 1. The summed E-state index contributed by atoms with van der Waals surface area (Å²) in [5.74, 6) is -1.89. The van der Waals surface area contributed by atoms with Gasteiger partial charge >= 0.3 is 12.4 Å². The third-order valence-electron chi connectivity index (χ3n) is 5.29. The molecule has 0 radical (unpaired) electrons. The van der Waals surface area contributed by atoms with Crippen LogP contribution in [0.15, 0.2) is 66.7 Å². The Labute approximate surface area is 202 Å². The first kappa shape index (κ1) is 27.3. The Morgan fingerprint density at radius 1 is 0.917 bits per heavy atom. The zero-order chi connectivity index (χ0) is 26.7. The van der Waals surface area contributed by atoms with Gasteiger partial charge in [0.25, 0.3) is 0 Å². The summed E-state index contributed by atoms with van der Waals surface area (Å²) in [6, 6.07) is 13.2. The average Bonchev–Trinajstić information content (AvgIpc) is 2.80. The minimum atomic E-state index is -4.98. The number of alkyl halides is 6. The molecule has 0 saturated heterocycles. The summed E-state index contributed by atoms with van der Waals surface area (Å²) in [4.78, 5) is 1.71. The number of halogens is 7. The Kier molecular flexibility index (Phi) is 8.15. The maximum Gasteiger partial charge on any atom is 0.416 e. The lowest BCUT2D eigenvalue weighted by molar-refractivity contribution is -0.202. The van der Waals surface area contributed by atoms with Crippen LogP contribution in [0.25, 0.3) is 0 Å². The van der Waals surface area contributed by atoms with E-state index in [0.29, 0.717) is 17.8 Å². The zero-order valence-electron chi connectivity index (χ0n) is 19.2. The van der Waals surface area contributed by atoms with E-state index in [2.05, 4.69) is 5.32 Å². The predicted octanol–water partition coefficient (Wildman–Crippen LogP) is 6.31. The van der Waals surface area contributed by atoms with Crippen LogP contribution in [0.3, 0.4) is 0 Å². The summed E-state index contributed by atoms with van der Waals surface area (Å²) in [6.45, 7) is -1.08. The number of aliphatic hydroxyl groups is 1. The van der Waals surface area contributed by atoms with Crippen molar-refractivity contribution in [2.75, 3.05) is 25.5 Å². The fourth-order valence-corrected chi connectivity index (χ4v) is 3.42. The molecular formula is C25H23F7N2O2. The van der Waals surface area contributed by atoms with Gasteiger partial charge in [0.15, 0.2) is 17.7 Å². The molecule has 0 saturated carbocycles. The molecule has 2 atom stereocenters. The largest absolute Gasteiger partial charge is 0.454 e. The molecule has 11 heteroatoms. The minimum absolute atomic E-state index is 0.0575. The summed E-state index contributed by atoms with van der Waals surface area (Å²) in [7, 11) is 3.46. The highest BCUT2D eigenvalue weighted by Gasteiger charge is 2.39. The lowest BCUT2D eigenvalue weighted by atomic mass is 9.95. The van der Waals surface area contributed by atoms with Gasteiger partial charge in [0.1, 0.15) is 5.75 Å². The molecule has 0 aromatic heterocycles. The maximum absolute atomic E-state index is 15.7. The first-order valence-electron chi connectivity index (χ1n) is 10.7. The number of aliphatic hydroxyl groups excluding tert-OH is 1. The third kappa shape index (κ3) is 6.67. The van der Waals surface area contributed by atoms with Gasteiger partial charge in [-0.15, -0.1) is 0 Å². The van der Waals surface area contributed by atoms with Gasteiger partial charge in [0.2, 0.25) is 0 Å². The number of benzene rings is 3. The predicted molar refractivity (Wildman–Crippen MR) is 121 cm³/mol. The molecule has 0 heterocycles. The minimum Gasteiger partial charge on any atom is -0.454 e. The number of ether oxygens (including phenoxy) is 1. The van der Waals surface area contributed by atoms with Gasteiger partial charge in [0, 0.05) is 38.0 Å². The van der Waals surface area contributed by atoms with Crippen LogP contribution in [0.5, 0.6) is 11.5 Å². The average molecular weight is 516 g/mol. The lowest BCUT2D eigenvalue weighted by Crippen LogP contribution is -2.40. The summed E-state index contributed by atoms with van der Waals surface area (Å²) < 4.78 is 101. The molecule has 0 aliphatic rings. The van der Waals surface area contributed by atoms with E-state index in [4.69, 9.17) is 4.74 Å². The quantitative estimate of drug-likeness (QED) is 0.345. The second-order valence-electron chi connectivity index (χ2n) is 8.18. The van der Waals surface area contributed by atoms with Gasteiger partial charge in [-0.05, 0) is 29.8 Å². The van der Waals surface area contributed by atoms with Crippen LogP contribution in [0.2, 0.25) is 0 Å². The van der Waals surface area contributed by atoms with Crippen LogP contribution in [-0.2, 0) is 6.18 Å². The molecule has 194 valence electrons. The van der Waals surface area contributed by atoms with Crippen molar-refractivity contribution < 1.29 is 40.6 Å². The summed E-state index contributed by atoms with van der Waals surface area (Å²) in [5, 5.41) is 11.8. The molecule has 0 aliphatic heterocycles. The van der Waals surface area contributed by atoms with E-state index >= 15 is 4.39 Å². The van der Waals surface area contributed by atoms with E-state index in [1.807, 2.05) is 0 Å². The van der Waals surface area contributed by atoms with Gasteiger partial charge in [-0.2, -0.15) is 26.3 Å². The van der Waals surface area contributed by atoms with Gasteiger partial charge in [0.05, 0.1) is 11.6 Å². The van der Waals surface area contributed by atoms with Crippen molar-refractivity contribution in [3.05, 3.63) is 89.2 Å². The molecule has 3 rings (SSSR count). The molecule has 36 heavy (non-hydrogen) atoms. The first-order chi connectivity index (χ1) is 16.8. The van der Waals surface area contributed by atoms with Crippen LogP contribution in [0.1, 0.15) is 22.7 Å². The van der Waals surface area contributed by atoms with Gasteiger partial charge < -0.3 is 20.1 Å². The molecule has 0 aliphatic carbocycles. The molecule has 0 bridgehead atoms. The number of anilines is 1. The molecule has 0 fully saturated rings. The van der Waals surface area contributed by atoms with Crippen molar-refractivity contribution in [3.63, 3.8) is 0 Å². The van der Waals surface area contributed by atoms with Crippen molar-refractivity contribution in [3.8, 4) is 11.5 Å². The molecule has 0 amide bonds. The first-order valence-corrected chi connectivity index (χ1v) is 10.7. The molecule has 3 aromatic rings. The number of nitrogens with one attached hydrogen (secondary N) is 1. The Balaban J connectivity index is 2.11. The highest BCUT2D eigenvalue weighted by Crippen LogP contribution is 2.39. The van der Waals surface area contributed by atoms with Crippen molar-refractivity contribution in [1.82, 2.24) is 5.32 Å². The van der Waals surface area contributed by atoms with Gasteiger partial charge in [-0.1, -0.05) is 36.4 Å². The molecule has 2 N–H and O–H groups in total. The van der Waals surface area contributed by atoms with E-state index in [9.17, 15) is 31.4 Å². The zero-order valence-corrected chi connectivity index (χ0v) is 19.2. The maximum atomic E-state index is 15.7. The Morgan fingerprint density at radius 2 is 1.58 bits per heavy atom. The number of rotatable bonds is 8. The molecule has 2 unspecified atom stereocenters. The lowest BCUT2D eigenvalue weighted by Gasteiger charge is -2.25. The Bertz CT molecular complexity index is 1170. The smallest absolute Gasteiger partial charge is 0.416 e. The van der Waals surface area contributed by atoms with E-state index in [1.54, 1.807) is 37.2 Å². The SMILES string of the molecule is CN(C)c1cccc(Oc2cc(C(F)(F)F)cc(C(NCC(O)C(F)(F)F)c3ccccc3)c2F)c1. The van der Waals surface area contributed by atoms with Crippen LogP contribution in [-0.4, -0.2) is 38.0 Å². The normalized spacial score (nSPS) is 13.8. The molecular weight excluding hydrogens is 493 g/mol. The Hall–Kier alpha value is -3.31. The third-order valence-corrected chi connectivity index (χ3v) is 5.29. The van der Waals surface area contributed by atoms with Gasteiger partial charge in [-0.3, -0.25) is 0 Å². The standard InChI is InChI=1S/C25H23F7N2O2/c1-34(2)17-9-6-10-18(13-17)36-20-12-16(24(27,28)29)11-19(22(20)26)23(15-7-4-3-5-8-15)33-14-21(35)25(30,31)32/h3-13,21,23,33,35H,14H2,1-2H3. The monoisotopic (exact) mass is 516 g/mol. The number of hydrogen-bond donors (Lipinski definition) is 2.